The summed E-state index contributed by atoms with van der Waals surface area (Å²) in [5.74, 6) is -0.978. The number of aromatic nitrogens is 1. The van der Waals surface area contributed by atoms with Crippen LogP contribution in [0.25, 0.3) is 0 Å². The van der Waals surface area contributed by atoms with Crippen LogP contribution in [-0.2, 0) is 4.74 Å². The SMILES string of the molecule is O=C(O)c1ncccc1SC1COC1. The van der Waals surface area contributed by atoms with E-state index in [1.807, 2.05) is 0 Å². The molecule has 0 amide bonds. The number of rotatable bonds is 3. The van der Waals surface area contributed by atoms with Gasteiger partial charge in [-0.1, -0.05) is 0 Å². The number of nitrogens with zero attached hydrogens (tertiary/aromatic N) is 1. The second-order valence-electron chi connectivity index (χ2n) is 2.93. The number of hydrogen-bond donors (Lipinski definition) is 1. The molecule has 74 valence electrons. The van der Waals surface area contributed by atoms with Gasteiger partial charge in [-0.3, -0.25) is 0 Å². The summed E-state index contributed by atoms with van der Waals surface area (Å²) in [6.45, 7) is 1.39. The van der Waals surface area contributed by atoms with Gasteiger partial charge in [-0.05, 0) is 12.1 Å². The van der Waals surface area contributed by atoms with Crippen molar-refractivity contribution in [2.75, 3.05) is 13.2 Å². The summed E-state index contributed by atoms with van der Waals surface area (Å²) in [5, 5.41) is 9.23. The van der Waals surface area contributed by atoms with Crippen LogP contribution in [0.2, 0.25) is 0 Å². The van der Waals surface area contributed by atoms with Crippen molar-refractivity contribution in [3.63, 3.8) is 0 Å². The lowest BCUT2D eigenvalue weighted by Crippen LogP contribution is -2.30. The molecule has 0 atom stereocenters. The van der Waals surface area contributed by atoms with Crippen molar-refractivity contribution in [3.05, 3.63) is 24.0 Å². The van der Waals surface area contributed by atoms with Crippen molar-refractivity contribution in [2.45, 2.75) is 10.1 Å². The minimum Gasteiger partial charge on any atom is -0.476 e. The topological polar surface area (TPSA) is 59.4 Å². The van der Waals surface area contributed by atoms with Gasteiger partial charge in [-0.25, -0.2) is 9.78 Å². The summed E-state index contributed by atoms with van der Waals surface area (Å²) < 4.78 is 5.02. The van der Waals surface area contributed by atoms with E-state index in [9.17, 15) is 4.79 Å². The Hall–Kier alpha value is -1.07. The highest BCUT2D eigenvalue weighted by Crippen LogP contribution is 2.29. The van der Waals surface area contributed by atoms with E-state index in [2.05, 4.69) is 4.98 Å². The number of carboxylic acids is 1. The van der Waals surface area contributed by atoms with Crippen molar-refractivity contribution >= 4 is 17.7 Å². The number of carboxylic acid groups (broad SMARTS) is 1. The molecule has 1 aliphatic heterocycles. The summed E-state index contributed by atoms with van der Waals surface area (Å²) in [6, 6.07) is 3.52. The third-order valence-electron chi connectivity index (χ3n) is 1.87. The van der Waals surface area contributed by atoms with Crippen LogP contribution < -0.4 is 0 Å². The van der Waals surface area contributed by atoms with E-state index in [-0.39, 0.29) is 5.69 Å². The molecule has 0 spiro atoms. The van der Waals surface area contributed by atoms with Crippen molar-refractivity contribution in [2.24, 2.45) is 0 Å². The first-order valence-electron chi connectivity index (χ1n) is 4.20. The smallest absolute Gasteiger partial charge is 0.355 e. The predicted octanol–water partition coefficient (Wildman–Crippen LogP) is 1.27. The van der Waals surface area contributed by atoms with Gasteiger partial charge in [0.2, 0.25) is 0 Å². The molecule has 1 saturated heterocycles. The molecule has 0 unspecified atom stereocenters. The fraction of sp³-hybridized carbons (Fsp3) is 0.333. The van der Waals surface area contributed by atoms with Crippen LogP contribution in [0.4, 0.5) is 0 Å². The Labute approximate surface area is 85.3 Å². The van der Waals surface area contributed by atoms with Crippen molar-refractivity contribution in [1.29, 1.82) is 0 Å². The molecule has 5 heteroatoms. The fourth-order valence-corrected chi connectivity index (χ4v) is 2.20. The Kier molecular flexibility index (Phi) is 2.69. The highest BCUT2D eigenvalue weighted by atomic mass is 32.2. The lowest BCUT2D eigenvalue weighted by Gasteiger charge is -2.25. The van der Waals surface area contributed by atoms with Crippen LogP contribution in [-0.4, -0.2) is 34.5 Å². The minimum absolute atomic E-state index is 0.129. The zero-order chi connectivity index (χ0) is 9.97. The van der Waals surface area contributed by atoms with Crippen LogP contribution in [0, 0.1) is 0 Å². The molecule has 4 nitrogen and oxygen atoms in total. The monoisotopic (exact) mass is 211 g/mol. The maximum absolute atomic E-state index is 10.8. The first-order valence-corrected chi connectivity index (χ1v) is 5.08. The average Bonchev–Trinajstić information content (AvgIpc) is 2.12. The van der Waals surface area contributed by atoms with E-state index >= 15 is 0 Å². The maximum atomic E-state index is 10.8. The zero-order valence-corrected chi connectivity index (χ0v) is 8.16. The third kappa shape index (κ3) is 1.88. The molecule has 1 aromatic rings. The Morgan fingerprint density at radius 3 is 3.00 bits per heavy atom. The van der Waals surface area contributed by atoms with Gasteiger partial charge >= 0.3 is 5.97 Å². The Morgan fingerprint density at radius 2 is 2.43 bits per heavy atom. The van der Waals surface area contributed by atoms with E-state index < -0.39 is 5.97 Å². The van der Waals surface area contributed by atoms with Gasteiger partial charge in [-0.15, -0.1) is 11.8 Å². The Morgan fingerprint density at radius 1 is 1.64 bits per heavy atom. The Balaban J connectivity index is 2.17. The minimum atomic E-state index is -0.978. The molecule has 2 rings (SSSR count). The summed E-state index contributed by atoms with van der Waals surface area (Å²) >= 11 is 1.52. The first kappa shape index (κ1) is 9.48. The fourth-order valence-electron chi connectivity index (χ4n) is 1.11. The molecule has 1 fully saturated rings. The molecular weight excluding hydrogens is 202 g/mol. The quantitative estimate of drug-likeness (QED) is 0.815. The molecule has 0 saturated carbocycles. The number of carbonyl (C=O) groups is 1. The zero-order valence-electron chi connectivity index (χ0n) is 7.34. The molecule has 14 heavy (non-hydrogen) atoms. The summed E-state index contributed by atoms with van der Waals surface area (Å²) in [5.41, 5.74) is 0.129. The van der Waals surface area contributed by atoms with E-state index in [4.69, 9.17) is 9.84 Å². The summed E-state index contributed by atoms with van der Waals surface area (Å²) in [7, 11) is 0. The highest BCUT2D eigenvalue weighted by molar-refractivity contribution is 8.00. The van der Waals surface area contributed by atoms with Crippen LogP contribution in [0.15, 0.2) is 23.2 Å². The number of aromatic carboxylic acids is 1. The molecular formula is C9H9NO3S. The highest BCUT2D eigenvalue weighted by Gasteiger charge is 2.22. The molecule has 0 bridgehead atoms. The second-order valence-corrected chi connectivity index (χ2v) is 4.27. The van der Waals surface area contributed by atoms with Crippen LogP contribution in [0.5, 0.6) is 0 Å². The van der Waals surface area contributed by atoms with Crippen LogP contribution >= 0.6 is 11.8 Å². The number of thioether (sulfide) groups is 1. The van der Waals surface area contributed by atoms with Crippen molar-refractivity contribution in [1.82, 2.24) is 4.98 Å². The largest absolute Gasteiger partial charge is 0.476 e. The first-order chi connectivity index (χ1) is 6.77. The average molecular weight is 211 g/mol. The third-order valence-corrected chi connectivity index (χ3v) is 3.06. The molecule has 1 aromatic heterocycles. The van der Waals surface area contributed by atoms with E-state index in [1.165, 1.54) is 18.0 Å². The molecule has 0 aliphatic carbocycles. The lowest BCUT2D eigenvalue weighted by atomic mass is 10.3. The molecule has 1 aliphatic rings. The summed E-state index contributed by atoms with van der Waals surface area (Å²) in [4.78, 5) is 15.3. The number of hydrogen-bond acceptors (Lipinski definition) is 4. The summed E-state index contributed by atoms with van der Waals surface area (Å²) in [6.07, 6.45) is 1.49. The number of pyridine rings is 1. The van der Waals surface area contributed by atoms with Crippen molar-refractivity contribution in [3.8, 4) is 0 Å². The normalized spacial score (nSPS) is 16.3. The van der Waals surface area contributed by atoms with E-state index in [0.29, 0.717) is 23.4 Å². The standard InChI is InChI=1S/C9H9NO3S/c11-9(12)8-7(2-1-3-10-8)14-6-4-13-5-6/h1-3,6H,4-5H2,(H,11,12). The van der Waals surface area contributed by atoms with Crippen molar-refractivity contribution < 1.29 is 14.6 Å². The second kappa shape index (κ2) is 3.98. The lowest BCUT2D eigenvalue weighted by molar-refractivity contribution is 0.0454. The van der Waals surface area contributed by atoms with E-state index in [0.717, 1.165) is 0 Å². The van der Waals surface area contributed by atoms with Crippen LogP contribution in [0.1, 0.15) is 10.5 Å². The Bertz CT molecular complexity index is 352. The van der Waals surface area contributed by atoms with Gasteiger partial charge in [0, 0.05) is 11.1 Å². The van der Waals surface area contributed by atoms with Gasteiger partial charge in [0.1, 0.15) is 0 Å². The van der Waals surface area contributed by atoms with Crippen LogP contribution in [0.3, 0.4) is 0 Å². The van der Waals surface area contributed by atoms with E-state index in [1.54, 1.807) is 12.1 Å². The molecule has 0 aromatic carbocycles. The molecule has 1 N–H and O–H groups in total. The number of ether oxygens (including phenoxy) is 1. The molecule has 0 radical (unpaired) electrons. The van der Waals surface area contributed by atoms with Gasteiger partial charge < -0.3 is 9.84 Å². The molecule has 2 heterocycles. The predicted molar refractivity (Wildman–Crippen MR) is 51.7 cm³/mol. The van der Waals surface area contributed by atoms with Gasteiger partial charge in [-0.2, -0.15) is 0 Å². The maximum Gasteiger partial charge on any atom is 0.355 e. The van der Waals surface area contributed by atoms with Gasteiger partial charge in [0.05, 0.1) is 18.5 Å². The van der Waals surface area contributed by atoms with Gasteiger partial charge in [0.15, 0.2) is 5.69 Å². The van der Waals surface area contributed by atoms with Gasteiger partial charge in [0.25, 0.3) is 0 Å².